The summed E-state index contributed by atoms with van der Waals surface area (Å²) in [6, 6.07) is 70.8. The summed E-state index contributed by atoms with van der Waals surface area (Å²) in [7, 11) is 0. The van der Waals surface area contributed by atoms with Gasteiger partial charge in [-0.15, -0.1) is 0 Å². The fourth-order valence-corrected chi connectivity index (χ4v) is 10.0. The second-order valence-electron chi connectivity index (χ2n) is 13.0. The van der Waals surface area contributed by atoms with Gasteiger partial charge in [0.15, 0.2) is 0 Å². The number of para-hydroxylation sites is 3. The van der Waals surface area contributed by atoms with Gasteiger partial charge in [-0.25, -0.2) is 0 Å². The van der Waals surface area contributed by atoms with Crippen LogP contribution in [0, 0.1) is 0 Å². The smallest absolute Gasteiger partial charge is 0.309 e. The molecule has 0 radical (unpaired) electrons. The summed E-state index contributed by atoms with van der Waals surface area (Å²) >= 11 is 0.335. The first-order valence-electron chi connectivity index (χ1n) is 17.4. The third-order valence-electron chi connectivity index (χ3n) is 10.00. The van der Waals surface area contributed by atoms with E-state index < -0.39 is 0 Å². The fraction of sp³-hybridized carbons (Fsp3) is 0. The van der Waals surface area contributed by atoms with Crippen molar-refractivity contribution in [2.24, 2.45) is 0 Å². The summed E-state index contributed by atoms with van der Waals surface area (Å²) in [5, 5.41) is 5.25. The topological polar surface area (TPSA) is 8.17 Å². The summed E-state index contributed by atoms with van der Waals surface area (Å²) in [6.45, 7) is 0. The van der Waals surface area contributed by atoms with Gasteiger partial charge in [0.25, 0.3) is 0 Å². The van der Waals surface area contributed by atoms with Crippen molar-refractivity contribution in [2.75, 3.05) is 4.90 Å². The van der Waals surface area contributed by atoms with Gasteiger partial charge in [-0.3, -0.25) is 0 Å². The van der Waals surface area contributed by atoms with Crippen LogP contribution in [0.1, 0.15) is 0 Å². The molecule has 0 aliphatic heterocycles. The van der Waals surface area contributed by atoms with Gasteiger partial charge >= 0.3 is 216 Å². The zero-order chi connectivity index (χ0) is 33.7. The number of hydrogen-bond donors (Lipinski definition) is 0. The van der Waals surface area contributed by atoms with E-state index in [2.05, 4.69) is 204 Å². The van der Waals surface area contributed by atoms with Crippen molar-refractivity contribution in [3.8, 4) is 27.9 Å². The van der Waals surface area contributed by atoms with Crippen LogP contribution >= 0.6 is 0 Å². The second-order valence-corrected chi connectivity index (χ2v) is 15.2. The van der Waals surface area contributed by atoms with E-state index in [1.165, 1.54) is 63.4 Å². The zero-order valence-electron chi connectivity index (χ0n) is 27.8. The summed E-state index contributed by atoms with van der Waals surface area (Å²) in [6.07, 6.45) is 0. The number of benzene rings is 8. The van der Waals surface area contributed by atoms with Gasteiger partial charge < -0.3 is 4.57 Å². The van der Waals surface area contributed by atoms with E-state index in [0.29, 0.717) is 14.5 Å². The van der Waals surface area contributed by atoms with Gasteiger partial charge in [0, 0.05) is 5.69 Å². The van der Waals surface area contributed by atoms with Gasteiger partial charge in [-0.05, 0) is 18.2 Å². The van der Waals surface area contributed by atoms with Gasteiger partial charge in [-0.2, -0.15) is 0 Å². The van der Waals surface area contributed by atoms with Crippen LogP contribution in [0.2, 0.25) is 0 Å². The second kappa shape index (κ2) is 12.3. The first kappa shape index (κ1) is 29.8. The number of anilines is 3. The summed E-state index contributed by atoms with van der Waals surface area (Å²) in [5.41, 5.74) is 11.8. The first-order valence-corrected chi connectivity index (χ1v) is 19.1. The zero-order valence-corrected chi connectivity index (χ0v) is 29.5. The summed E-state index contributed by atoms with van der Waals surface area (Å²) in [4.78, 5) is 2.42. The Bertz CT molecular complexity index is 2850. The van der Waals surface area contributed by atoms with E-state index >= 15 is 0 Å². The minimum atomic E-state index is 0.335. The molecular formula is C48H32N2Se. The Balaban J connectivity index is 1.14. The van der Waals surface area contributed by atoms with Crippen LogP contribution in [0.3, 0.4) is 0 Å². The molecule has 3 heteroatoms. The van der Waals surface area contributed by atoms with E-state index in [-0.39, 0.29) is 0 Å². The Morgan fingerprint density at radius 2 is 1.00 bits per heavy atom. The molecule has 0 aliphatic carbocycles. The number of rotatable bonds is 6. The molecule has 8 aromatic carbocycles. The number of fused-ring (bicyclic) bond motifs is 6. The normalized spacial score (nSPS) is 11.5. The number of nitrogens with zero attached hydrogens (tertiary/aromatic N) is 2. The predicted octanol–water partition coefficient (Wildman–Crippen LogP) is 13.0. The molecule has 0 N–H and O–H groups in total. The van der Waals surface area contributed by atoms with Crippen LogP contribution in [0.5, 0.6) is 0 Å². The van der Waals surface area contributed by atoms with Gasteiger partial charge in [0.2, 0.25) is 0 Å². The third-order valence-corrected chi connectivity index (χ3v) is 12.4. The molecule has 0 unspecified atom stereocenters. The molecule has 2 nitrogen and oxygen atoms in total. The van der Waals surface area contributed by atoms with Crippen molar-refractivity contribution in [3.63, 3.8) is 0 Å². The molecule has 10 rings (SSSR count). The average molecular weight is 716 g/mol. The molecule has 0 spiro atoms. The minimum absolute atomic E-state index is 0.335. The Labute approximate surface area is 302 Å². The van der Waals surface area contributed by atoms with Crippen LogP contribution < -0.4 is 4.90 Å². The van der Waals surface area contributed by atoms with E-state index in [4.69, 9.17) is 0 Å². The van der Waals surface area contributed by atoms with Crippen LogP contribution in [-0.4, -0.2) is 19.1 Å². The Kier molecular flexibility index (Phi) is 7.20. The minimum Gasteiger partial charge on any atom is -0.309 e. The van der Waals surface area contributed by atoms with Gasteiger partial charge in [-0.1, -0.05) is 54.6 Å². The maximum atomic E-state index is 2.42. The van der Waals surface area contributed by atoms with Gasteiger partial charge in [0.1, 0.15) is 0 Å². The van der Waals surface area contributed by atoms with E-state index in [0.717, 1.165) is 22.7 Å². The van der Waals surface area contributed by atoms with Crippen LogP contribution in [-0.2, 0) is 0 Å². The van der Waals surface area contributed by atoms with Crippen molar-refractivity contribution in [2.45, 2.75) is 0 Å². The van der Waals surface area contributed by atoms with Crippen molar-refractivity contribution < 1.29 is 0 Å². The van der Waals surface area contributed by atoms with E-state index in [1.54, 1.807) is 0 Å². The number of aromatic nitrogens is 1. The molecule has 0 saturated carbocycles. The first-order chi connectivity index (χ1) is 25.3. The fourth-order valence-electron chi connectivity index (χ4n) is 7.62. The molecule has 2 heterocycles. The third kappa shape index (κ3) is 5.10. The Hall–Kier alpha value is -6.12. The number of hydrogen-bond acceptors (Lipinski definition) is 1. The Morgan fingerprint density at radius 1 is 0.373 bits per heavy atom. The summed E-state index contributed by atoms with van der Waals surface area (Å²) in [5.74, 6) is 0. The van der Waals surface area contributed by atoms with Gasteiger partial charge in [0.05, 0.1) is 5.52 Å². The molecule has 10 aromatic rings. The monoisotopic (exact) mass is 716 g/mol. The van der Waals surface area contributed by atoms with Crippen LogP contribution in [0.4, 0.5) is 17.1 Å². The molecule has 0 bridgehead atoms. The SMILES string of the molecule is c1ccc(-c2ccccc2N(c2ccc(-c3ccc4c(c3)[se]c3ccccc34)cc2)c2ccc3c(c2)c2ccccc2n3-c2ccccc2)cc1. The standard InChI is InChI=1S/C48H32N2Se/c1-3-13-34(14-4-1)39-17-7-10-20-44(39)49(37-26-23-33(24-27-37)35-25-29-42-41-19-9-12-22-47(41)51-48(42)31-35)38-28-30-46-43(32-38)40-18-8-11-21-45(40)50(46)36-15-5-2-6-16-36/h1-32H. The van der Waals surface area contributed by atoms with Crippen molar-refractivity contribution in [3.05, 3.63) is 194 Å². The molecule has 51 heavy (non-hydrogen) atoms. The molecule has 0 saturated heterocycles. The predicted molar refractivity (Wildman–Crippen MR) is 218 cm³/mol. The van der Waals surface area contributed by atoms with Crippen LogP contribution in [0.15, 0.2) is 194 Å². The molecule has 0 aliphatic rings. The molecule has 2 aromatic heterocycles. The average Bonchev–Trinajstić information content (AvgIpc) is 3.74. The maximum absolute atomic E-state index is 2.42. The molecule has 0 atom stereocenters. The van der Waals surface area contributed by atoms with Crippen molar-refractivity contribution in [1.29, 1.82) is 0 Å². The van der Waals surface area contributed by atoms with Crippen LogP contribution in [0.25, 0.3) is 69.0 Å². The quantitative estimate of drug-likeness (QED) is 0.156. The van der Waals surface area contributed by atoms with Crippen molar-refractivity contribution in [1.82, 2.24) is 4.57 Å². The molecule has 0 fully saturated rings. The van der Waals surface area contributed by atoms with E-state index in [9.17, 15) is 0 Å². The summed E-state index contributed by atoms with van der Waals surface area (Å²) < 4.78 is 5.32. The van der Waals surface area contributed by atoms with Crippen molar-refractivity contribution >= 4 is 72.7 Å². The molecule has 0 amide bonds. The van der Waals surface area contributed by atoms with E-state index in [1.807, 2.05) is 0 Å². The molecular weight excluding hydrogens is 684 g/mol. The molecule has 240 valence electrons. The Morgan fingerprint density at radius 3 is 1.84 bits per heavy atom.